The van der Waals surface area contributed by atoms with Crippen LogP contribution in [0, 0.1) is 6.92 Å². The summed E-state index contributed by atoms with van der Waals surface area (Å²) in [5, 5.41) is 0. The number of aryl methyl sites for hydroxylation is 1. The van der Waals surface area contributed by atoms with Gasteiger partial charge in [-0.25, -0.2) is 4.79 Å². The number of allylic oxidation sites excluding steroid dienone is 2. The Kier molecular flexibility index (Phi) is 22.6. The topological polar surface area (TPSA) is 105 Å². The van der Waals surface area contributed by atoms with Crippen LogP contribution in [0.3, 0.4) is 0 Å². The highest BCUT2D eigenvalue weighted by Crippen LogP contribution is 2.33. The van der Waals surface area contributed by atoms with E-state index in [0.717, 1.165) is 35.0 Å². The zero-order valence-electron chi connectivity index (χ0n) is 27.0. The highest BCUT2D eigenvalue weighted by atomic mass is 16.5. The van der Waals surface area contributed by atoms with Crippen LogP contribution in [0.5, 0.6) is 23.0 Å². The van der Waals surface area contributed by atoms with Gasteiger partial charge in [-0.1, -0.05) is 63.4 Å². The first-order valence-electron chi connectivity index (χ1n) is 13.5. The quantitative estimate of drug-likeness (QED) is 0.105. The molecule has 0 aliphatic heterocycles. The van der Waals surface area contributed by atoms with Crippen LogP contribution in [0.25, 0.3) is 11.1 Å². The summed E-state index contributed by atoms with van der Waals surface area (Å²) in [6.45, 7) is 21.4. The van der Waals surface area contributed by atoms with E-state index >= 15 is 0 Å². The molecule has 236 valence electrons. The summed E-state index contributed by atoms with van der Waals surface area (Å²) in [6, 6.07) is 20.2. The van der Waals surface area contributed by atoms with Gasteiger partial charge in [-0.15, -0.1) is 0 Å². The fraction of sp³-hybridized carbons (Fsp3) is 0.222. The molecule has 3 aromatic carbocycles. The largest absolute Gasteiger partial charge is 0.497 e. The summed E-state index contributed by atoms with van der Waals surface area (Å²) in [5.74, 6) is 2.06. The van der Waals surface area contributed by atoms with Crippen LogP contribution in [-0.4, -0.2) is 39.2 Å². The van der Waals surface area contributed by atoms with Crippen molar-refractivity contribution in [2.24, 2.45) is 0 Å². The predicted molar refractivity (Wildman–Crippen MR) is 176 cm³/mol. The second kappa shape index (κ2) is 24.4. The van der Waals surface area contributed by atoms with Crippen molar-refractivity contribution in [2.75, 3.05) is 14.2 Å². The van der Waals surface area contributed by atoms with Crippen molar-refractivity contribution in [2.45, 2.75) is 41.5 Å². The lowest BCUT2D eigenvalue weighted by atomic mass is 10.0. The molecule has 0 saturated carbocycles. The van der Waals surface area contributed by atoms with Gasteiger partial charge >= 0.3 is 5.97 Å². The molecule has 0 amide bonds. The smallest absolute Gasteiger partial charge is 0.338 e. The summed E-state index contributed by atoms with van der Waals surface area (Å²) in [6.07, 6.45) is 1.44. The first-order valence-corrected chi connectivity index (χ1v) is 13.5. The van der Waals surface area contributed by atoms with Gasteiger partial charge in [0.05, 0.1) is 14.2 Å². The Morgan fingerprint density at radius 3 is 1.52 bits per heavy atom. The van der Waals surface area contributed by atoms with Crippen LogP contribution < -0.4 is 18.9 Å². The van der Waals surface area contributed by atoms with Crippen molar-refractivity contribution in [3.05, 3.63) is 109 Å². The Morgan fingerprint density at radius 1 is 0.682 bits per heavy atom. The molecule has 0 radical (unpaired) electrons. The van der Waals surface area contributed by atoms with E-state index in [1.165, 1.54) is 0 Å². The van der Waals surface area contributed by atoms with Gasteiger partial charge in [0, 0.05) is 17.2 Å². The number of esters is 1. The van der Waals surface area contributed by atoms with Gasteiger partial charge < -0.3 is 18.9 Å². The molecular weight excluding hydrogens is 560 g/mol. The second-order valence-electron chi connectivity index (χ2n) is 8.72. The van der Waals surface area contributed by atoms with Crippen LogP contribution >= 0.6 is 0 Å². The van der Waals surface area contributed by atoms with Gasteiger partial charge in [0.25, 0.3) is 6.47 Å². The summed E-state index contributed by atoms with van der Waals surface area (Å²) < 4.78 is 20.2. The van der Waals surface area contributed by atoms with E-state index in [1.54, 1.807) is 59.3 Å². The summed E-state index contributed by atoms with van der Waals surface area (Å²) in [4.78, 5) is 40.2. The Balaban J connectivity index is 0. The normalized spacial score (nSPS) is 8.64. The molecule has 0 aliphatic rings. The SMILES string of the molecule is C=C(C)C(=O)Oc1ccc(C)cc1.C=C(C)C=O.C=C(C)C=O.CC.COc1ccc(-c2ccc(OC=O)cc2OC)cc1. The Labute approximate surface area is 261 Å². The fourth-order valence-corrected chi connectivity index (χ4v) is 2.61. The van der Waals surface area contributed by atoms with Gasteiger partial charge in [0.2, 0.25) is 0 Å². The lowest BCUT2D eigenvalue weighted by Gasteiger charge is -2.10. The Hall–Kier alpha value is -5.24. The van der Waals surface area contributed by atoms with Gasteiger partial charge in [0.1, 0.15) is 35.6 Å². The molecule has 0 N–H and O–H groups in total. The maximum absolute atomic E-state index is 11.1. The number of rotatable bonds is 9. The third-order valence-corrected chi connectivity index (χ3v) is 4.74. The summed E-state index contributed by atoms with van der Waals surface area (Å²) >= 11 is 0. The number of aldehydes is 2. The van der Waals surface area contributed by atoms with E-state index in [1.807, 2.05) is 63.2 Å². The third-order valence-electron chi connectivity index (χ3n) is 4.74. The van der Waals surface area contributed by atoms with Gasteiger partial charge in [-0.2, -0.15) is 0 Å². The predicted octanol–water partition coefficient (Wildman–Crippen LogP) is 7.93. The van der Waals surface area contributed by atoms with Crippen molar-refractivity contribution in [1.29, 1.82) is 0 Å². The van der Waals surface area contributed by atoms with Crippen LogP contribution in [0.4, 0.5) is 0 Å². The van der Waals surface area contributed by atoms with E-state index in [2.05, 4.69) is 19.7 Å². The molecule has 0 saturated heterocycles. The first kappa shape index (κ1) is 40.9. The number of carbonyl (C=O) groups is 4. The average Bonchev–Trinajstić information content (AvgIpc) is 3.04. The van der Waals surface area contributed by atoms with Crippen molar-refractivity contribution in [1.82, 2.24) is 0 Å². The standard InChI is InChI=1S/C15H14O4.C11H12O2.2C4H6O.C2H6/c1-17-12-5-3-11(4-6-12)14-8-7-13(19-10-16)9-15(14)18-2;1-8(2)11(12)13-10-6-4-9(3)5-7-10;2*1-4(2)3-5;1-2/h3-10H,1-2H3;4-7H,1H2,2-3H3;2*3H,1H2,2H3;1-2H3. The molecule has 3 rings (SSSR count). The summed E-state index contributed by atoms with van der Waals surface area (Å²) in [7, 11) is 3.20. The number of carbonyl (C=O) groups excluding carboxylic acids is 4. The van der Waals surface area contributed by atoms with Crippen LogP contribution in [0.1, 0.15) is 40.2 Å². The Bertz CT molecular complexity index is 1320. The zero-order valence-corrected chi connectivity index (χ0v) is 27.0. The number of methoxy groups -OCH3 is 2. The molecule has 44 heavy (non-hydrogen) atoms. The minimum absolute atomic E-state index is 0.385. The number of benzene rings is 3. The van der Waals surface area contributed by atoms with Crippen molar-refractivity contribution >= 4 is 25.0 Å². The lowest BCUT2D eigenvalue weighted by molar-refractivity contribution is -0.130. The van der Waals surface area contributed by atoms with Crippen molar-refractivity contribution in [3.63, 3.8) is 0 Å². The molecule has 0 atom stereocenters. The molecule has 0 aliphatic carbocycles. The Morgan fingerprint density at radius 2 is 1.14 bits per heavy atom. The van der Waals surface area contributed by atoms with Gasteiger partial charge in [0.15, 0.2) is 0 Å². The molecular formula is C36H44O8. The molecule has 0 spiro atoms. The van der Waals surface area contributed by atoms with Crippen molar-refractivity contribution < 1.29 is 38.1 Å². The monoisotopic (exact) mass is 604 g/mol. The molecule has 8 heteroatoms. The van der Waals surface area contributed by atoms with E-state index in [-0.39, 0.29) is 5.97 Å². The number of hydrogen-bond acceptors (Lipinski definition) is 8. The molecule has 0 bridgehead atoms. The van der Waals surface area contributed by atoms with E-state index in [0.29, 0.717) is 40.4 Å². The first-order chi connectivity index (χ1) is 20.9. The van der Waals surface area contributed by atoms with Gasteiger partial charge in [-0.3, -0.25) is 14.4 Å². The molecule has 3 aromatic rings. The van der Waals surface area contributed by atoms with E-state index < -0.39 is 0 Å². The highest BCUT2D eigenvalue weighted by molar-refractivity contribution is 5.88. The lowest BCUT2D eigenvalue weighted by Crippen LogP contribution is -2.07. The number of hydrogen-bond donors (Lipinski definition) is 0. The molecule has 0 heterocycles. The van der Waals surface area contributed by atoms with Crippen LogP contribution in [0.15, 0.2) is 103 Å². The molecule has 0 aromatic heterocycles. The summed E-state index contributed by atoms with van der Waals surface area (Å²) in [5.41, 5.74) is 4.60. The van der Waals surface area contributed by atoms with Crippen LogP contribution in [-0.2, 0) is 19.2 Å². The van der Waals surface area contributed by atoms with E-state index in [4.69, 9.17) is 18.9 Å². The minimum Gasteiger partial charge on any atom is -0.497 e. The molecule has 0 fully saturated rings. The average molecular weight is 605 g/mol. The fourth-order valence-electron chi connectivity index (χ4n) is 2.61. The maximum Gasteiger partial charge on any atom is 0.338 e. The highest BCUT2D eigenvalue weighted by Gasteiger charge is 2.08. The zero-order chi connectivity index (χ0) is 34.1. The maximum atomic E-state index is 11.1. The van der Waals surface area contributed by atoms with Gasteiger partial charge in [-0.05, 0) is 80.8 Å². The van der Waals surface area contributed by atoms with Crippen LogP contribution in [0.2, 0.25) is 0 Å². The van der Waals surface area contributed by atoms with Crippen molar-refractivity contribution in [3.8, 4) is 34.1 Å². The molecule has 8 nitrogen and oxygen atoms in total. The number of ether oxygens (including phenoxy) is 4. The molecule has 0 unspecified atom stereocenters. The second-order valence-corrected chi connectivity index (χ2v) is 8.72. The third kappa shape index (κ3) is 18.2. The van der Waals surface area contributed by atoms with E-state index in [9.17, 15) is 19.2 Å². The minimum atomic E-state index is -0.385.